The molecule has 3 rings (SSSR count). The SMILES string of the molecule is C[C@]1(COC(=O)NNC(=O)c2ccccc2O)[C@H](C(=O)O)N2C(=O)C[C@H]2S1(=O)=O. The van der Waals surface area contributed by atoms with Crippen LogP contribution < -0.4 is 10.9 Å². The standard InChI is InChI=1S/C16H17N3O9S/c1-16(12(14(23)24)19-10(21)6-11(19)29(16,26)27)7-28-15(25)18-17-13(22)8-4-2-3-5-9(8)20/h2-5,11-12,20H,6-7H2,1H3,(H,17,22)(H,18,25)(H,23,24)/t11-,12+,16+/m1/s1. The molecule has 4 N–H and O–H groups in total. The van der Waals surface area contributed by atoms with Gasteiger partial charge in [-0.3, -0.25) is 15.0 Å². The number of nitrogens with zero attached hydrogens (tertiary/aromatic N) is 1. The molecule has 0 unspecified atom stereocenters. The molecule has 2 aliphatic heterocycles. The van der Waals surface area contributed by atoms with Crippen LogP contribution in [-0.2, 0) is 24.2 Å². The Morgan fingerprint density at radius 2 is 1.93 bits per heavy atom. The lowest BCUT2D eigenvalue weighted by Gasteiger charge is -2.35. The van der Waals surface area contributed by atoms with E-state index < -0.39 is 56.5 Å². The summed E-state index contributed by atoms with van der Waals surface area (Å²) in [6.45, 7) is 0.228. The Balaban J connectivity index is 1.66. The van der Waals surface area contributed by atoms with Crippen LogP contribution in [0.4, 0.5) is 4.79 Å². The molecule has 3 amide bonds. The molecule has 0 aromatic heterocycles. The van der Waals surface area contributed by atoms with Gasteiger partial charge in [-0.25, -0.2) is 23.4 Å². The highest BCUT2D eigenvalue weighted by atomic mass is 32.2. The summed E-state index contributed by atoms with van der Waals surface area (Å²) in [5.41, 5.74) is 3.71. The first kappa shape index (κ1) is 20.4. The predicted molar refractivity (Wildman–Crippen MR) is 94.1 cm³/mol. The highest BCUT2D eigenvalue weighted by Gasteiger charge is 2.70. The van der Waals surface area contributed by atoms with Gasteiger partial charge in [0, 0.05) is 0 Å². The first-order chi connectivity index (χ1) is 13.5. The maximum absolute atomic E-state index is 12.7. The summed E-state index contributed by atoms with van der Waals surface area (Å²) in [7, 11) is -4.13. The third kappa shape index (κ3) is 3.12. The summed E-state index contributed by atoms with van der Waals surface area (Å²) in [5.74, 6) is -3.35. The van der Waals surface area contributed by atoms with Gasteiger partial charge in [0.05, 0.1) is 12.0 Å². The zero-order chi connectivity index (χ0) is 21.6. The lowest BCUT2D eigenvalue weighted by Crippen LogP contribution is -2.58. The van der Waals surface area contributed by atoms with E-state index in [1.165, 1.54) is 24.3 Å². The molecule has 0 spiro atoms. The van der Waals surface area contributed by atoms with Crippen molar-refractivity contribution in [2.24, 2.45) is 0 Å². The van der Waals surface area contributed by atoms with Gasteiger partial charge in [0.1, 0.15) is 22.5 Å². The van der Waals surface area contributed by atoms with Gasteiger partial charge in [0.2, 0.25) is 5.91 Å². The summed E-state index contributed by atoms with van der Waals surface area (Å²) in [5, 5.41) is 17.7. The number of hydrazine groups is 1. The third-order valence-electron chi connectivity index (χ3n) is 4.96. The van der Waals surface area contributed by atoms with Crippen molar-refractivity contribution in [3.8, 4) is 5.75 Å². The molecule has 0 bridgehead atoms. The van der Waals surface area contributed by atoms with Gasteiger partial charge in [0.25, 0.3) is 5.91 Å². The minimum Gasteiger partial charge on any atom is -0.507 e. The largest absolute Gasteiger partial charge is 0.507 e. The van der Waals surface area contributed by atoms with Crippen molar-refractivity contribution < 1.29 is 42.5 Å². The van der Waals surface area contributed by atoms with E-state index in [2.05, 4.69) is 0 Å². The lowest BCUT2D eigenvalue weighted by atomic mass is 9.97. The van der Waals surface area contributed by atoms with Gasteiger partial charge < -0.3 is 19.8 Å². The summed E-state index contributed by atoms with van der Waals surface area (Å²) in [4.78, 5) is 47.8. The number of hydrogen-bond donors (Lipinski definition) is 4. The number of hydrogen-bond acceptors (Lipinski definition) is 8. The Labute approximate surface area is 164 Å². The molecule has 1 aromatic carbocycles. The molecule has 0 aliphatic carbocycles. The lowest BCUT2D eigenvalue weighted by molar-refractivity contribution is -0.158. The normalized spacial score (nSPS) is 26.8. The maximum atomic E-state index is 12.7. The predicted octanol–water partition coefficient (Wildman–Crippen LogP) is -1.04. The van der Waals surface area contributed by atoms with Crippen molar-refractivity contribution in [2.45, 2.75) is 29.5 Å². The average Bonchev–Trinajstić information content (AvgIpc) is 2.79. The third-order valence-corrected chi connectivity index (χ3v) is 7.71. The van der Waals surface area contributed by atoms with Gasteiger partial charge in [-0.2, -0.15) is 0 Å². The fourth-order valence-electron chi connectivity index (χ4n) is 3.36. The Bertz CT molecular complexity index is 1010. The Morgan fingerprint density at radius 3 is 2.52 bits per heavy atom. The molecule has 29 heavy (non-hydrogen) atoms. The molecule has 2 heterocycles. The van der Waals surface area contributed by atoms with Crippen molar-refractivity contribution in [3.63, 3.8) is 0 Å². The Hall–Kier alpha value is -3.35. The van der Waals surface area contributed by atoms with Crippen LogP contribution in [-0.4, -0.2) is 70.2 Å². The Kier molecular flexibility index (Phi) is 4.86. The van der Waals surface area contributed by atoms with E-state index >= 15 is 0 Å². The van der Waals surface area contributed by atoms with Crippen LogP contribution in [0.2, 0.25) is 0 Å². The second-order valence-electron chi connectivity index (χ2n) is 6.73. The highest BCUT2D eigenvalue weighted by molar-refractivity contribution is 7.94. The highest BCUT2D eigenvalue weighted by Crippen LogP contribution is 2.46. The molecule has 156 valence electrons. The Morgan fingerprint density at radius 1 is 1.28 bits per heavy atom. The number of carboxylic acid groups (broad SMARTS) is 1. The first-order valence-electron chi connectivity index (χ1n) is 8.29. The number of nitrogens with one attached hydrogen (secondary N) is 2. The molecular weight excluding hydrogens is 410 g/mol. The summed E-state index contributed by atoms with van der Waals surface area (Å²) in [6, 6.07) is 3.82. The van der Waals surface area contributed by atoms with Crippen molar-refractivity contribution in [1.82, 2.24) is 15.8 Å². The van der Waals surface area contributed by atoms with Gasteiger partial charge in [-0.15, -0.1) is 0 Å². The zero-order valence-corrected chi connectivity index (χ0v) is 15.8. The summed E-state index contributed by atoms with van der Waals surface area (Å²) < 4.78 is 28.1. The topological polar surface area (TPSA) is 179 Å². The summed E-state index contributed by atoms with van der Waals surface area (Å²) >= 11 is 0. The number of fused-ring (bicyclic) bond motifs is 1. The number of benzene rings is 1. The molecular formula is C16H17N3O9S. The number of sulfone groups is 1. The molecule has 2 aliphatic rings. The monoisotopic (exact) mass is 427 g/mol. The number of carboxylic acids is 1. The van der Waals surface area contributed by atoms with Crippen LogP contribution in [0.3, 0.4) is 0 Å². The van der Waals surface area contributed by atoms with E-state index in [0.29, 0.717) is 0 Å². The molecule has 2 fully saturated rings. The van der Waals surface area contributed by atoms with Gasteiger partial charge in [-0.1, -0.05) is 12.1 Å². The second kappa shape index (κ2) is 6.92. The number of β-lactam (4-membered cyclic amide) rings is 1. The van der Waals surface area contributed by atoms with E-state index in [1.807, 2.05) is 10.9 Å². The van der Waals surface area contributed by atoms with Crippen molar-refractivity contribution in [1.29, 1.82) is 0 Å². The molecule has 3 atom stereocenters. The number of ether oxygens (including phenoxy) is 1. The number of para-hydroxylation sites is 1. The second-order valence-corrected chi connectivity index (χ2v) is 9.30. The quantitative estimate of drug-likeness (QED) is 0.345. The fraction of sp³-hybridized carbons (Fsp3) is 0.375. The van der Waals surface area contributed by atoms with Crippen LogP contribution in [0.15, 0.2) is 24.3 Å². The first-order valence-corrected chi connectivity index (χ1v) is 9.84. The van der Waals surface area contributed by atoms with E-state index in [4.69, 9.17) is 4.74 Å². The fourth-order valence-corrected chi connectivity index (χ4v) is 5.63. The van der Waals surface area contributed by atoms with Crippen LogP contribution in [0.1, 0.15) is 23.7 Å². The number of aliphatic carboxylic acids is 1. The zero-order valence-electron chi connectivity index (χ0n) is 15.0. The van der Waals surface area contributed by atoms with Crippen LogP contribution in [0, 0.1) is 0 Å². The van der Waals surface area contributed by atoms with Gasteiger partial charge in [0.15, 0.2) is 15.9 Å². The number of carbonyl (C=O) groups is 4. The molecule has 1 aromatic rings. The van der Waals surface area contributed by atoms with Crippen LogP contribution in [0.5, 0.6) is 5.75 Å². The van der Waals surface area contributed by atoms with E-state index in [-0.39, 0.29) is 17.7 Å². The minimum absolute atomic E-state index is 0.132. The minimum atomic E-state index is -4.13. The summed E-state index contributed by atoms with van der Waals surface area (Å²) in [6.07, 6.45) is -1.58. The number of amides is 3. The number of rotatable bonds is 4. The van der Waals surface area contributed by atoms with E-state index in [1.54, 1.807) is 0 Å². The molecule has 0 radical (unpaired) electrons. The average molecular weight is 427 g/mol. The maximum Gasteiger partial charge on any atom is 0.426 e. The van der Waals surface area contributed by atoms with Gasteiger partial charge in [-0.05, 0) is 19.1 Å². The van der Waals surface area contributed by atoms with E-state index in [9.17, 15) is 37.8 Å². The van der Waals surface area contributed by atoms with Crippen molar-refractivity contribution >= 4 is 33.7 Å². The molecule has 12 nitrogen and oxygen atoms in total. The van der Waals surface area contributed by atoms with Crippen molar-refractivity contribution in [3.05, 3.63) is 29.8 Å². The van der Waals surface area contributed by atoms with E-state index in [0.717, 1.165) is 11.8 Å². The number of phenolic OH excluding ortho intramolecular Hbond substituents is 1. The number of aromatic hydroxyl groups is 1. The smallest absolute Gasteiger partial charge is 0.426 e. The van der Waals surface area contributed by atoms with Crippen molar-refractivity contribution in [2.75, 3.05) is 6.61 Å². The molecule has 0 saturated carbocycles. The number of carbonyl (C=O) groups excluding carboxylic acids is 3. The van der Waals surface area contributed by atoms with Crippen LogP contribution >= 0.6 is 0 Å². The van der Waals surface area contributed by atoms with Crippen LogP contribution in [0.25, 0.3) is 0 Å². The van der Waals surface area contributed by atoms with Gasteiger partial charge >= 0.3 is 12.1 Å². The molecule has 13 heteroatoms. The number of phenols is 1. The molecule has 2 saturated heterocycles.